The van der Waals surface area contributed by atoms with Crippen LogP contribution in [0.4, 0.5) is 5.69 Å². The summed E-state index contributed by atoms with van der Waals surface area (Å²) in [5.74, 6) is 0.909. The Kier molecular flexibility index (Phi) is 5.72. The number of fused-ring (bicyclic) bond motifs is 1. The average Bonchev–Trinajstić information content (AvgIpc) is 3.18. The van der Waals surface area contributed by atoms with Gasteiger partial charge >= 0.3 is 0 Å². The first-order chi connectivity index (χ1) is 14.5. The molecule has 30 heavy (non-hydrogen) atoms. The van der Waals surface area contributed by atoms with Crippen LogP contribution in [0, 0.1) is 6.92 Å². The summed E-state index contributed by atoms with van der Waals surface area (Å²) in [6.07, 6.45) is 0.952. The van der Waals surface area contributed by atoms with Crippen molar-refractivity contribution in [2.75, 3.05) is 11.9 Å². The summed E-state index contributed by atoms with van der Waals surface area (Å²) in [6, 6.07) is 18.7. The smallest absolute Gasteiger partial charge is 0.262 e. The van der Waals surface area contributed by atoms with Crippen molar-refractivity contribution in [1.82, 2.24) is 4.98 Å². The molecule has 0 aliphatic rings. The van der Waals surface area contributed by atoms with E-state index in [4.69, 9.17) is 20.8 Å². The number of nitrogens with zero attached hydrogens (tertiary/aromatic N) is 1. The number of hydrogen-bond donors (Lipinski definition) is 1. The number of aromatic nitrogens is 1. The van der Waals surface area contributed by atoms with Crippen LogP contribution in [0.2, 0.25) is 5.02 Å². The standard InChI is InChI=1S/C24H21ClN2O3/c1-3-16-4-11-22-21(13-16)27-24(30-22)17-5-7-18(8-6-17)26-23(28)14-29-19-9-10-20(25)15(2)12-19/h4-13H,3,14H2,1-2H3,(H,26,28). The van der Waals surface area contributed by atoms with E-state index in [1.54, 1.807) is 18.2 Å². The molecule has 0 fully saturated rings. The monoisotopic (exact) mass is 420 g/mol. The van der Waals surface area contributed by atoms with Gasteiger partial charge in [0.2, 0.25) is 5.89 Å². The fourth-order valence-corrected chi connectivity index (χ4v) is 3.18. The molecule has 0 radical (unpaired) electrons. The highest BCUT2D eigenvalue weighted by atomic mass is 35.5. The summed E-state index contributed by atoms with van der Waals surface area (Å²) in [5.41, 5.74) is 5.23. The number of oxazole rings is 1. The Hall–Kier alpha value is -3.31. The Labute approximate surface area is 179 Å². The molecule has 4 rings (SSSR count). The molecule has 0 aliphatic carbocycles. The van der Waals surface area contributed by atoms with E-state index >= 15 is 0 Å². The lowest BCUT2D eigenvalue weighted by atomic mass is 10.1. The second-order valence-electron chi connectivity index (χ2n) is 7.00. The molecule has 0 spiro atoms. The van der Waals surface area contributed by atoms with Crippen LogP contribution in [0.3, 0.4) is 0 Å². The van der Waals surface area contributed by atoms with Gasteiger partial charge in [0.15, 0.2) is 12.2 Å². The predicted molar refractivity (Wildman–Crippen MR) is 119 cm³/mol. The summed E-state index contributed by atoms with van der Waals surface area (Å²) >= 11 is 6.00. The maximum atomic E-state index is 12.2. The Bertz CT molecular complexity index is 1200. The number of nitrogens with one attached hydrogen (secondary N) is 1. The van der Waals surface area contributed by atoms with E-state index < -0.39 is 0 Å². The van der Waals surface area contributed by atoms with Crippen molar-refractivity contribution in [2.45, 2.75) is 20.3 Å². The molecular weight excluding hydrogens is 400 g/mol. The van der Waals surface area contributed by atoms with Gasteiger partial charge in [0.05, 0.1) is 0 Å². The number of carbonyl (C=O) groups is 1. The van der Waals surface area contributed by atoms with Gasteiger partial charge in [-0.05, 0) is 79.1 Å². The van der Waals surface area contributed by atoms with Crippen LogP contribution in [0.5, 0.6) is 5.75 Å². The number of anilines is 1. The fraction of sp³-hybridized carbons (Fsp3) is 0.167. The highest BCUT2D eigenvalue weighted by Crippen LogP contribution is 2.26. The molecule has 3 aromatic carbocycles. The zero-order valence-corrected chi connectivity index (χ0v) is 17.5. The highest BCUT2D eigenvalue weighted by molar-refractivity contribution is 6.31. The van der Waals surface area contributed by atoms with Crippen LogP contribution in [0.15, 0.2) is 65.1 Å². The molecule has 0 saturated carbocycles. The molecule has 1 N–H and O–H groups in total. The lowest BCUT2D eigenvalue weighted by Gasteiger charge is -2.09. The Balaban J connectivity index is 1.39. The van der Waals surface area contributed by atoms with E-state index in [0.29, 0.717) is 22.4 Å². The zero-order valence-electron chi connectivity index (χ0n) is 16.7. The number of rotatable bonds is 6. The molecule has 152 valence electrons. The molecule has 0 bridgehead atoms. The maximum Gasteiger partial charge on any atom is 0.262 e. The summed E-state index contributed by atoms with van der Waals surface area (Å²) < 4.78 is 11.4. The normalized spacial score (nSPS) is 10.9. The minimum Gasteiger partial charge on any atom is -0.484 e. The van der Waals surface area contributed by atoms with Gasteiger partial charge in [-0.3, -0.25) is 4.79 Å². The maximum absolute atomic E-state index is 12.2. The first-order valence-electron chi connectivity index (χ1n) is 9.70. The second kappa shape index (κ2) is 8.59. The molecule has 4 aromatic rings. The molecule has 1 heterocycles. The lowest BCUT2D eigenvalue weighted by molar-refractivity contribution is -0.118. The van der Waals surface area contributed by atoms with E-state index in [0.717, 1.165) is 28.6 Å². The van der Waals surface area contributed by atoms with Gasteiger partial charge in [-0.2, -0.15) is 0 Å². The van der Waals surface area contributed by atoms with E-state index in [1.165, 1.54) is 5.56 Å². The van der Waals surface area contributed by atoms with Crippen LogP contribution >= 0.6 is 11.6 Å². The largest absolute Gasteiger partial charge is 0.484 e. The van der Waals surface area contributed by atoms with Gasteiger partial charge < -0.3 is 14.5 Å². The Morgan fingerprint density at radius 3 is 2.63 bits per heavy atom. The molecular formula is C24H21ClN2O3. The van der Waals surface area contributed by atoms with Gasteiger partial charge in [0.25, 0.3) is 5.91 Å². The SMILES string of the molecule is CCc1ccc2oc(-c3ccc(NC(=O)COc4ccc(Cl)c(C)c4)cc3)nc2c1. The first-order valence-corrected chi connectivity index (χ1v) is 10.1. The quantitative estimate of drug-likeness (QED) is 0.413. The minimum absolute atomic E-state index is 0.0896. The third-order valence-corrected chi connectivity index (χ3v) is 5.20. The van der Waals surface area contributed by atoms with E-state index in [9.17, 15) is 4.79 Å². The number of ether oxygens (including phenoxy) is 1. The molecule has 0 saturated heterocycles. The zero-order chi connectivity index (χ0) is 21.1. The van der Waals surface area contributed by atoms with Crippen LogP contribution in [0.1, 0.15) is 18.1 Å². The number of carbonyl (C=O) groups excluding carboxylic acids is 1. The van der Waals surface area contributed by atoms with Gasteiger partial charge in [-0.25, -0.2) is 4.98 Å². The van der Waals surface area contributed by atoms with Crippen molar-refractivity contribution in [3.63, 3.8) is 0 Å². The Morgan fingerprint density at radius 2 is 1.90 bits per heavy atom. The molecule has 0 aliphatic heterocycles. The molecule has 0 unspecified atom stereocenters. The van der Waals surface area contributed by atoms with E-state index in [-0.39, 0.29) is 12.5 Å². The first kappa shape index (κ1) is 20.0. The van der Waals surface area contributed by atoms with E-state index in [2.05, 4.69) is 17.2 Å². The summed E-state index contributed by atoms with van der Waals surface area (Å²) in [4.78, 5) is 16.8. The van der Waals surface area contributed by atoms with Crippen LogP contribution in [-0.2, 0) is 11.2 Å². The number of halogens is 1. The van der Waals surface area contributed by atoms with Gasteiger partial charge in [-0.15, -0.1) is 0 Å². The minimum atomic E-state index is -0.246. The number of amides is 1. The molecule has 1 aromatic heterocycles. The average molecular weight is 421 g/mol. The predicted octanol–water partition coefficient (Wildman–Crippen LogP) is 6.04. The molecule has 5 nitrogen and oxygen atoms in total. The summed E-state index contributed by atoms with van der Waals surface area (Å²) in [5, 5.41) is 3.48. The highest BCUT2D eigenvalue weighted by Gasteiger charge is 2.10. The Morgan fingerprint density at radius 1 is 1.10 bits per heavy atom. The van der Waals surface area contributed by atoms with Crippen molar-refractivity contribution < 1.29 is 13.9 Å². The van der Waals surface area contributed by atoms with Crippen LogP contribution in [0.25, 0.3) is 22.6 Å². The van der Waals surface area contributed by atoms with Gasteiger partial charge in [0, 0.05) is 16.3 Å². The number of benzene rings is 3. The van der Waals surface area contributed by atoms with Gasteiger partial charge in [-0.1, -0.05) is 24.6 Å². The van der Waals surface area contributed by atoms with E-state index in [1.807, 2.05) is 49.4 Å². The third kappa shape index (κ3) is 4.47. The van der Waals surface area contributed by atoms with Crippen molar-refractivity contribution in [2.24, 2.45) is 0 Å². The van der Waals surface area contributed by atoms with Crippen molar-refractivity contribution in [1.29, 1.82) is 0 Å². The number of aryl methyl sites for hydroxylation is 2. The lowest BCUT2D eigenvalue weighted by Crippen LogP contribution is -2.20. The van der Waals surface area contributed by atoms with Crippen LogP contribution < -0.4 is 10.1 Å². The molecule has 0 atom stereocenters. The van der Waals surface area contributed by atoms with Crippen molar-refractivity contribution in [3.05, 3.63) is 76.8 Å². The van der Waals surface area contributed by atoms with Crippen LogP contribution in [-0.4, -0.2) is 17.5 Å². The van der Waals surface area contributed by atoms with Gasteiger partial charge in [0.1, 0.15) is 11.3 Å². The third-order valence-electron chi connectivity index (χ3n) is 4.78. The van der Waals surface area contributed by atoms with Crippen molar-refractivity contribution in [3.8, 4) is 17.2 Å². The fourth-order valence-electron chi connectivity index (χ4n) is 3.07. The topological polar surface area (TPSA) is 64.4 Å². The second-order valence-corrected chi connectivity index (χ2v) is 7.41. The molecule has 6 heteroatoms. The summed E-state index contributed by atoms with van der Waals surface area (Å²) in [7, 11) is 0. The summed E-state index contributed by atoms with van der Waals surface area (Å²) in [6.45, 7) is 3.90. The molecule has 1 amide bonds. The number of hydrogen-bond acceptors (Lipinski definition) is 4. The van der Waals surface area contributed by atoms with Crippen molar-refractivity contribution >= 4 is 34.3 Å².